The Bertz CT molecular complexity index is 697. The zero-order valence-electron chi connectivity index (χ0n) is 13.4. The van der Waals surface area contributed by atoms with Gasteiger partial charge in [-0.3, -0.25) is 0 Å². The van der Waals surface area contributed by atoms with Crippen LogP contribution >= 0.6 is 11.6 Å². The highest BCUT2D eigenvalue weighted by Gasteiger charge is 2.39. The maximum atomic E-state index is 6.24. The molecule has 2 aliphatic rings. The van der Waals surface area contributed by atoms with Crippen molar-refractivity contribution < 1.29 is 4.74 Å². The van der Waals surface area contributed by atoms with E-state index in [1.807, 2.05) is 6.07 Å². The van der Waals surface area contributed by atoms with Crippen molar-refractivity contribution in [2.75, 3.05) is 12.4 Å². The molecule has 2 aromatic rings. The lowest BCUT2D eigenvalue weighted by atomic mass is 9.82. The normalized spacial score (nSPS) is 25.9. The van der Waals surface area contributed by atoms with Crippen LogP contribution < -0.4 is 10.1 Å². The largest absolute Gasteiger partial charge is 0.497 e. The Labute approximate surface area is 142 Å². The molecule has 0 bridgehead atoms. The minimum Gasteiger partial charge on any atom is -0.497 e. The van der Waals surface area contributed by atoms with Gasteiger partial charge in [-0.1, -0.05) is 36.6 Å². The Balaban J connectivity index is 1.68. The van der Waals surface area contributed by atoms with Crippen molar-refractivity contribution in [2.24, 2.45) is 0 Å². The number of methoxy groups -OCH3 is 1. The Kier molecular flexibility index (Phi) is 3.94. The molecule has 3 unspecified atom stereocenters. The molecule has 1 heterocycles. The van der Waals surface area contributed by atoms with Gasteiger partial charge in [-0.15, -0.1) is 0 Å². The second-order valence-electron chi connectivity index (χ2n) is 6.67. The third kappa shape index (κ3) is 2.70. The molecule has 1 aliphatic heterocycles. The van der Waals surface area contributed by atoms with Gasteiger partial charge in [0.15, 0.2) is 0 Å². The van der Waals surface area contributed by atoms with Crippen molar-refractivity contribution in [2.45, 2.75) is 43.6 Å². The first-order valence-corrected chi connectivity index (χ1v) is 8.84. The van der Waals surface area contributed by atoms with Crippen molar-refractivity contribution in [1.82, 2.24) is 0 Å². The first-order chi connectivity index (χ1) is 11.3. The van der Waals surface area contributed by atoms with Crippen molar-refractivity contribution in [3.63, 3.8) is 0 Å². The minimum atomic E-state index is 0.472. The predicted octanol–water partition coefficient (Wildman–Crippen LogP) is 5.58. The summed E-state index contributed by atoms with van der Waals surface area (Å²) in [5.74, 6) is 2.03. The third-order valence-corrected chi connectivity index (χ3v) is 5.66. The van der Waals surface area contributed by atoms with Gasteiger partial charge < -0.3 is 10.1 Å². The first kappa shape index (κ1) is 14.9. The van der Waals surface area contributed by atoms with Crippen molar-refractivity contribution >= 4 is 17.3 Å². The molecule has 0 saturated heterocycles. The minimum absolute atomic E-state index is 0.472. The Morgan fingerprint density at radius 3 is 2.48 bits per heavy atom. The lowest BCUT2D eigenvalue weighted by molar-refractivity contribution is 0.414. The van der Waals surface area contributed by atoms with E-state index in [0.717, 1.165) is 10.8 Å². The van der Waals surface area contributed by atoms with Gasteiger partial charge in [0.25, 0.3) is 0 Å². The lowest BCUT2D eigenvalue weighted by Crippen LogP contribution is -2.27. The van der Waals surface area contributed by atoms with Gasteiger partial charge in [0, 0.05) is 28.6 Å². The molecule has 3 atom stereocenters. The number of rotatable bonds is 2. The first-order valence-electron chi connectivity index (χ1n) is 8.46. The summed E-state index contributed by atoms with van der Waals surface area (Å²) < 4.78 is 5.30. The SMILES string of the molecule is COc1ccc(C2CCCCC3c4cc(Cl)ccc4NC23)cc1. The molecule has 1 aliphatic carbocycles. The highest BCUT2D eigenvalue weighted by atomic mass is 35.5. The second kappa shape index (κ2) is 6.09. The van der Waals surface area contributed by atoms with Crippen LogP contribution in [-0.4, -0.2) is 13.2 Å². The van der Waals surface area contributed by atoms with E-state index in [1.54, 1.807) is 7.11 Å². The number of benzene rings is 2. The molecule has 23 heavy (non-hydrogen) atoms. The van der Waals surface area contributed by atoms with Crippen molar-refractivity contribution in [1.29, 1.82) is 0 Å². The van der Waals surface area contributed by atoms with E-state index < -0.39 is 0 Å². The molecule has 0 amide bonds. The summed E-state index contributed by atoms with van der Waals surface area (Å²) in [7, 11) is 1.72. The monoisotopic (exact) mass is 327 g/mol. The number of hydrogen-bond donors (Lipinski definition) is 1. The van der Waals surface area contributed by atoms with Gasteiger partial charge >= 0.3 is 0 Å². The molecule has 0 spiro atoms. The molecule has 0 radical (unpaired) electrons. The summed E-state index contributed by atoms with van der Waals surface area (Å²) in [5, 5.41) is 4.63. The fraction of sp³-hybridized carbons (Fsp3) is 0.400. The van der Waals surface area contributed by atoms with Gasteiger partial charge in [0.05, 0.1) is 7.11 Å². The highest BCUT2D eigenvalue weighted by molar-refractivity contribution is 6.30. The molecule has 2 nitrogen and oxygen atoms in total. The maximum absolute atomic E-state index is 6.24. The second-order valence-corrected chi connectivity index (χ2v) is 7.11. The predicted molar refractivity (Wildman–Crippen MR) is 95.8 cm³/mol. The number of nitrogens with one attached hydrogen (secondary N) is 1. The molecular weight excluding hydrogens is 306 g/mol. The van der Waals surface area contributed by atoms with Crippen LogP contribution in [0, 0.1) is 0 Å². The van der Waals surface area contributed by atoms with Crippen LogP contribution in [0.5, 0.6) is 5.75 Å². The standard InChI is InChI=1S/C20H22ClNO/c1-23-15-9-6-13(7-10-15)16-4-2-3-5-17-18-12-14(21)8-11-19(18)22-20(16)17/h6-12,16-17,20,22H,2-5H2,1H3. The third-order valence-electron chi connectivity index (χ3n) is 5.43. The fourth-order valence-corrected chi connectivity index (χ4v) is 4.48. The Morgan fingerprint density at radius 2 is 1.74 bits per heavy atom. The zero-order chi connectivity index (χ0) is 15.8. The Morgan fingerprint density at radius 1 is 1.00 bits per heavy atom. The van der Waals surface area contributed by atoms with E-state index in [-0.39, 0.29) is 0 Å². The van der Waals surface area contributed by atoms with Crippen LogP contribution in [-0.2, 0) is 0 Å². The smallest absolute Gasteiger partial charge is 0.118 e. The van der Waals surface area contributed by atoms with Crippen LogP contribution in [0.2, 0.25) is 5.02 Å². The molecular formula is C20H22ClNO. The summed E-state index contributed by atoms with van der Waals surface area (Å²) in [6, 6.07) is 15.4. The highest BCUT2D eigenvalue weighted by Crippen LogP contribution is 2.48. The molecule has 4 rings (SSSR count). The molecule has 3 heteroatoms. The average Bonchev–Trinajstić information content (AvgIpc) is 2.79. The topological polar surface area (TPSA) is 21.3 Å². The number of fused-ring (bicyclic) bond motifs is 3. The quantitative estimate of drug-likeness (QED) is 0.777. The molecule has 1 N–H and O–H groups in total. The zero-order valence-corrected chi connectivity index (χ0v) is 14.1. The van der Waals surface area contributed by atoms with Crippen molar-refractivity contribution in [3.8, 4) is 5.75 Å². The van der Waals surface area contributed by atoms with E-state index in [0.29, 0.717) is 17.9 Å². The summed E-state index contributed by atoms with van der Waals surface area (Å²) in [6.45, 7) is 0. The molecule has 120 valence electrons. The lowest BCUT2D eigenvalue weighted by Gasteiger charge is -2.27. The molecule has 1 fully saturated rings. The van der Waals surface area contributed by atoms with E-state index >= 15 is 0 Å². The fourth-order valence-electron chi connectivity index (χ4n) is 4.29. The number of ether oxygens (including phenoxy) is 1. The summed E-state index contributed by atoms with van der Waals surface area (Å²) in [4.78, 5) is 0. The average molecular weight is 328 g/mol. The van der Waals surface area contributed by atoms with E-state index in [9.17, 15) is 0 Å². The summed E-state index contributed by atoms with van der Waals surface area (Å²) in [6.07, 6.45) is 5.07. The van der Waals surface area contributed by atoms with Gasteiger partial charge in [0.2, 0.25) is 0 Å². The molecule has 2 aromatic carbocycles. The van der Waals surface area contributed by atoms with Crippen LogP contribution in [0.1, 0.15) is 48.6 Å². The number of hydrogen-bond acceptors (Lipinski definition) is 2. The van der Waals surface area contributed by atoms with E-state index in [1.165, 1.54) is 42.5 Å². The van der Waals surface area contributed by atoms with Gasteiger partial charge in [-0.25, -0.2) is 0 Å². The van der Waals surface area contributed by atoms with Crippen LogP contribution in [0.25, 0.3) is 0 Å². The van der Waals surface area contributed by atoms with Crippen molar-refractivity contribution in [3.05, 3.63) is 58.6 Å². The van der Waals surface area contributed by atoms with E-state index in [4.69, 9.17) is 16.3 Å². The van der Waals surface area contributed by atoms with Crippen LogP contribution in [0.4, 0.5) is 5.69 Å². The van der Waals surface area contributed by atoms with Gasteiger partial charge in [-0.2, -0.15) is 0 Å². The summed E-state index contributed by atoms with van der Waals surface area (Å²) in [5.41, 5.74) is 4.09. The molecule has 0 aromatic heterocycles. The number of halogens is 1. The Hall–Kier alpha value is -1.67. The van der Waals surface area contributed by atoms with Crippen LogP contribution in [0.3, 0.4) is 0 Å². The van der Waals surface area contributed by atoms with Gasteiger partial charge in [0.1, 0.15) is 5.75 Å². The summed E-state index contributed by atoms with van der Waals surface area (Å²) >= 11 is 6.24. The molecule has 1 saturated carbocycles. The van der Waals surface area contributed by atoms with Gasteiger partial charge in [-0.05, 0) is 54.3 Å². The number of anilines is 1. The van der Waals surface area contributed by atoms with Crippen LogP contribution in [0.15, 0.2) is 42.5 Å². The maximum Gasteiger partial charge on any atom is 0.118 e. The van der Waals surface area contributed by atoms with E-state index in [2.05, 4.69) is 41.7 Å².